The van der Waals surface area contributed by atoms with E-state index >= 15 is 0 Å². The van der Waals surface area contributed by atoms with Gasteiger partial charge in [-0.05, 0) is 44.1 Å². The smallest absolute Gasteiger partial charge is 0.255 e. The van der Waals surface area contributed by atoms with Crippen LogP contribution in [0, 0.1) is 0 Å². The lowest BCUT2D eigenvalue weighted by Gasteiger charge is -2.43. The van der Waals surface area contributed by atoms with Gasteiger partial charge in [0.25, 0.3) is 5.91 Å². The van der Waals surface area contributed by atoms with Gasteiger partial charge in [-0.2, -0.15) is 0 Å². The fourth-order valence-corrected chi connectivity index (χ4v) is 3.68. The van der Waals surface area contributed by atoms with E-state index < -0.39 is 11.7 Å². The number of anilines is 1. The van der Waals surface area contributed by atoms with Gasteiger partial charge in [0.2, 0.25) is 0 Å². The van der Waals surface area contributed by atoms with Crippen LogP contribution in [0.25, 0.3) is 0 Å². The third kappa shape index (κ3) is 2.81. The summed E-state index contributed by atoms with van der Waals surface area (Å²) in [5.41, 5.74) is 0.190. The maximum atomic E-state index is 12.7. The second kappa shape index (κ2) is 6.20. The van der Waals surface area contributed by atoms with E-state index in [0.29, 0.717) is 17.3 Å². The van der Waals surface area contributed by atoms with Crippen LogP contribution in [0.2, 0.25) is 5.02 Å². The number of nitrogens with zero attached hydrogens (tertiary/aromatic N) is 2. The predicted octanol–water partition coefficient (Wildman–Crippen LogP) is 2.15. The molecule has 24 heavy (non-hydrogen) atoms. The minimum absolute atomic E-state index is 0.158. The van der Waals surface area contributed by atoms with Gasteiger partial charge in [0, 0.05) is 23.1 Å². The highest BCUT2D eigenvalue weighted by Crippen LogP contribution is 2.38. The molecule has 4 rings (SSSR count). The van der Waals surface area contributed by atoms with Crippen molar-refractivity contribution in [3.05, 3.63) is 47.5 Å². The number of carbonyl (C=O) groups is 1. The fourth-order valence-electron chi connectivity index (χ4n) is 3.49. The fraction of sp³-hybridized carbons (Fsp3) is 0.412. The number of imidazole rings is 1. The van der Waals surface area contributed by atoms with Crippen molar-refractivity contribution in [3.8, 4) is 0 Å². The zero-order valence-electron chi connectivity index (χ0n) is 13.2. The summed E-state index contributed by atoms with van der Waals surface area (Å²) in [5, 5.41) is 6.82. The monoisotopic (exact) mass is 346 g/mol. The molecule has 0 aliphatic carbocycles. The molecule has 2 aromatic rings. The first kappa shape index (κ1) is 15.6. The van der Waals surface area contributed by atoms with Gasteiger partial charge in [0.15, 0.2) is 6.10 Å². The van der Waals surface area contributed by atoms with Crippen LogP contribution in [0.3, 0.4) is 0 Å². The Balaban J connectivity index is 1.57. The first-order chi connectivity index (χ1) is 11.7. The van der Waals surface area contributed by atoms with Crippen LogP contribution >= 0.6 is 11.6 Å². The third-order valence-electron chi connectivity index (χ3n) is 4.65. The summed E-state index contributed by atoms with van der Waals surface area (Å²) in [4.78, 5) is 17.2. The molecule has 3 heterocycles. The first-order valence-electron chi connectivity index (χ1n) is 8.13. The van der Waals surface area contributed by atoms with Gasteiger partial charge in [-0.3, -0.25) is 4.79 Å². The number of hydrogen-bond acceptors (Lipinski definition) is 4. The number of carbonyl (C=O) groups excluding carboxylic acids is 1. The lowest BCUT2D eigenvalue weighted by atomic mass is 9.89. The summed E-state index contributed by atoms with van der Waals surface area (Å²) in [7, 11) is 0. The maximum Gasteiger partial charge on any atom is 0.255 e. The SMILES string of the molecule is O=C(Nc1cccc(Cl)c1)C1Cn2ccnc2C2(CCNCC2)O1. The number of benzene rings is 1. The van der Waals surface area contributed by atoms with Gasteiger partial charge in [0.05, 0.1) is 6.54 Å². The van der Waals surface area contributed by atoms with Crippen molar-refractivity contribution < 1.29 is 9.53 Å². The average molecular weight is 347 g/mol. The molecule has 0 saturated carbocycles. The molecule has 6 nitrogen and oxygen atoms in total. The van der Waals surface area contributed by atoms with Crippen molar-refractivity contribution in [2.45, 2.75) is 31.1 Å². The first-order valence-corrected chi connectivity index (χ1v) is 8.51. The summed E-state index contributed by atoms with van der Waals surface area (Å²) >= 11 is 5.98. The van der Waals surface area contributed by atoms with Gasteiger partial charge in [-0.15, -0.1) is 0 Å². The van der Waals surface area contributed by atoms with Crippen molar-refractivity contribution in [1.29, 1.82) is 0 Å². The van der Waals surface area contributed by atoms with E-state index in [1.165, 1.54) is 0 Å². The lowest BCUT2D eigenvalue weighted by Crippen LogP contribution is -2.52. The van der Waals surface area contributed by atoms with Crippen molar-refractivity contribution in [2.24, 2.45) is 0 Å². The summed E-state index contributed by atoms with van der Waals surface area (Å²) in [6.07, 6.45) is 4.76. The Morgan fingerprint density at radius 3 is 3.04 bits per heavy atom. The summed E-state index contributed by atoms with van der Waals surface area (Å²) < 4.78 is 8.33. The molecule has 7 heteroatoms. The molecule has 1 aromatic carbocycles. The number of amides is 1. The number of aromatic nitrogens is 2. The number of nitrogens with one attached hydrogen (secondary N) is 2. The summed E-state index contributed by atoms with van der Waals surface area (Å²) in [6, 6.07) is 7.12. The van der Waals surface area contributed by atoms with Crippen molar-refractivity contribution in [1.82, 2.24) is 14.9 Å². The molecule has 1 fully saturated rings. The number of hydrogen-bond donors (Lipinski definition) is 2. The Bertz CT molecular complexity index is 755. The summed E-state index contributed by atoms with van der Waals surface area (Å²) in [5.74, 6) is 0.769. The van der Waals surface area contributed by atoms with E-state index in [1.54, 1.807) is 18.3 Å². The molecule has 126 valence electrons. The zero-order valence-corrected chi connectivity index (χ0v) is 13.9. The van der Waals surface area contributed by atoms with Crippen LogP contribution < -0.4 is 10.6 Å². The van der Waals surface area contributed by atoms with Gasteiger partial charge >= 0.3 is 0 Å². The van der Waals surface area contributed by atoms with Crippen molar-refractivity contribution >= 4 is 23.2 Å². The van der Waals surface area contributed by atoms with Crippen LogP contribution in [-0.2, 0) is 21.7 Å². The molecule has 2 aliphatic rings. The third-order valence-corrected chi connectivity index (χ3v) is 4.88. The molecule has 2 aliphatic heterocycles. The Hall–Kier alpha value is -1.89. The Morgan fingerprint density at radius 1 is 1.42 bits per heavy atom. The molecule has 2 N–H and O–H groups in total. The van der Waals surface area contributed by atoms with Crippen LogP contribution in [0.1, 0.15) is 18.7 Å². The van der Waals surface area contributed by atoms with Gasteiger partial charge in [-0.1, -0.05) is 17.7 Å². The molecule has 1 saturated heterocycles. The number of ether oxygens (including phenoxy) is 1. The normalized spacial score (nSPS) is 22.1. The molecule has 0 bridgehead atoms. The van der Waals surface area contributed by atoms with E-state index in [4.69, 9.17) is 16.3 Å². The molecule has 1 unspecified atom stereocenters. The Morgan fingerprint density at radius 2 is 2.25 bits per heavy atom. The standard InChI is InChI=1S/C17H19ClN4O2/c18-12-2-1-3-13(10-12)21-15(23)14-11-22-9-8-20-16(22)17(24-14)4-6-19-7-5-17/h1-3,8-10,14,19H,4-7,11H2,(H,21,23). The van der Waals surface area contributed by atoms with Crippen LogP contribution in [0.5, 0.6) is 0 Å². The van der Waals surface area contributed by atoms with Gasteiger partial charge < -0.3 is 19.9 Å². The van der Waals surface area contributed by atoms with Crippen molar-refractivity contribution in [2.75, 3.05) is 18.4 Å². The van der Waals surface area contributed by atoms with Gasteiger partial charge in [-0.25, -0.2) is 4.98 Å². The molecular formula is C17H19ClN4O2. The second-order valence-electron chi connectivity index (χ2n) is 6.25. The van der Waals surface area contributed by atoms with E-state index in [-0.39, 0.29) is 5.91 Å². The Kier molecular flexibility index (Phi) is 4.04. The van der Waals surface area contributed by atoms with E-state index in [1.807, 2.05) is 22.9 Å². The second-order valence-corrected chi connectivity index (χ2v) is 6.69. The number of piperidine rings is 1. The zero-order chi connectivity index (χ0) is 16.6. The molecule has 1 amide bonds. The van der Waals surface area contributed by atoms with Crippen LogP contribution in [0.4, 0.5) is 5.69 Å². The highest BCUT2D eigenvalue weighted by molar-refractivity contribution is 6.30. The lowest BCUT2D eigenvalue weighted by molar-refractivity contribution is -0.163. The van der Waals surface area contributed by atoms with E-state index in [0.717, 1.165) is 31.8 Å². The quantitative estimate of drug-likeness (QED) is 0.874. The minimum Gasteiger partial charge on any atom is -0.352 e. The van der Waals surface area contributed by atoms with Gasteiger partial charge in [0.1, 0.15) is 11.4 Å². The van der Waals surface area contributed by atoms with E-state index in [9.17, 15) is 4.79 Å². The highest BCUT2D eigenvalue weighted by Gasteiger charge is 2.45. The van der Waals surface area contributed by atoms with Crippen LogP contribution in [0.15, 0.2) is 36.7 Å². The van der Waals surface area contributed by atoms with Crippen LogP contribution in [-0.4, -0.2) is 34.7 Å². The molecular weight excluding hydrogens is 328 g/mol. The Labute approximate surface area is 145 Å². The number of halogens is 1. The average Bonchev–Trinajstić information content (AvgIpc) is 3.05. The number of rotatable bonds is 2. The molecule has 1 atom stereocenters. The number of fused-ring (bicyclic) bond motifs is 2. The minimum atomic E-state index is -0.552. The molecule has 1 spiro atoms. The summed E-state index contributed by atoms with van der Waals surface area (Å²) in [6.45, 7) is 2.18. The largest absolute Gasteiger partial charge is 0.352 e. The highest BCUT2D eigenvalue weighted by atomic mass is 35.5. The molecule has 0 radical (unpaired) electrons. The van der Waals surface area contributed by atoms with Crippen molar-refractivity contribution in [3.63, 3.8) is 0 Å². The van der Waals surface area contributed by atoms with E-state index in [2.05, 4.69) is 15.6 Å². The predicted molar refractivity (Wildman–Crippen MR) is 91.0 cm³/mol. The topological polar surface area (TPSA) is 68.2 Å². The maximum absolute atomic E-state index is 12.7. The molecule has 1 aromatic heterocycles.